The summed E-state index contributed by atoms with van der Waals surface area (Å²) >= 11 is 4.00. The Kier molecular flexibility index (Phi) is 9.79. The van der Waals surface area contributed by atoms with Crippen molar-refractivity contribution in [3.8, 4) is 0 Å². The number of hydrogen-bond donors (Lipinski definition) is 2. The highest BCUT2D eigenvalue weighted by Crippen LogP contribution is 2.32. The molecule has 1 atom stereocenters. The molecular weight excluding hydrogens is 417 g/mol. The van der Waals surface area contributed by atoms with Gasteiger partial charge in [-0.15, -0.1) is 24.0 Å². The second-order valence-electron chi connectivity index (χ2n) is 5.48. The van der Waals surface area contributed by atoms with Crippen LogP contribution < -0.4 is 10.6 Å². The zero-order valence-electron chi connectivity index (χ0n) is 13.0. The highest BCUT2D eigenvalue weighted by atomic mass is 127. The average molecular weight is 445 g/mol. The Balaban J connectivity index is 0.00000220. The van der Waals surface area contributed by atoms with Gasteiger partial charge in [-0.3, -0.25) is 4.99 Å². The summed E-state index contributed by atoms with van der Waals surface area (Å²) in [6.45, 7) is 2.73. The van der Waals surface area contributed by atoms with Crippen LogP contribution in [0, 0.1) is 0 Å². The van der Waals surface area contributed by atoms with Gasteiger partial charge in [0.2, 0.25) is 0 Å². The minimum Gasteiger partial charge on any atom is -0.381 e. The number of halogens is 1. The van der Waals surface area contributed by atoms with Crippen LogP contribution in [0.5, 0.6) is 0 Å². The van der Waals surface area contributed by atoms with Gasteiger partial charge in [-0.05, 0) is 37.7 Å². The van der Waals surface area contributed by atoms with Crippen LogP contribution in [-0.2, 0) is 4.74 Å². The quantitative estimate of drug-likeness (QED) is 0.396. The second kappa shape index (κ2) is 10.4. The highest BCUT2D eigenvalue weighted by Gasteiger charge is 2.32. The van der Waals surface area contributed by atoms with Gasteiger partial charge in [0.25, 0.3) is 0 Å². The molecule has 2 heterocycles. The van der Waals surface area contributed by atoms with E-state index in [-0.39, 0.29) is 24.0 Å². The number of hydrogen-bond acceptors (Lipinski definition) is 4. The average Bonchev–Trinajstić information content (AvgIpc) is 2.53. The van der Waals surface area contributed by atoms with Gasteiger partial charge in [-0.1, -0.05) is 0 Å². The van der Waals surface area contributed by atoms with Gasteiger partial charge < -0.3 is 15.4 Å². The van der Waals surface area contributed by atoms with Crippen molar-refractivity contribution in [2.45, 2.75) is 36.5 Å². The lowest BCUT2D eigenvalue weighted by Crippen LogP contribution is -2.51. The number of nitrogens with one attached hydrogen (secondary N) is 2. The van der Waals surface area contributed by atoms with Gasteiger partial charge in [0.15, 0.2) is 5.96 Å². The minimum atomic E-state index is 0. The Labute approximate surface area is 154 Å². The van der Waals surface area contributed by atoms with E-state index in [1.54, 1.807) is 0 Å². The molecule has 0 amide bonds. The molecule has 0 spiro atoms. The zero-order chi connectivity index (χ0) is 14.3. The van der Waals surface area contributed by atoms with Gasteiger partial charge in [0.1, 0.15) is 0 Å². The van der Waals surface area contributed by atoms with Crippen molar-refractivity contribution in [2.24, 2.45) is 4.99 Å². The number of aliphatic imine (C=N–C) groups is 1. The van der Waals surface area contributed by atoms with E-state index < -0.39 is 0 Å². The van der Waals surface area contributed by atoms with Crippen molar-refractivity contribution in [3.05, 3.63) is 0 Å². The molecule has 21 heavy (non-hydrogen) atoms. The van der Waals surface area contributed by atoms with Crippen LogP contribution in [-0.4, -0.2) is 61.3 Å². The number of nitrogens with zero attached hydrogens (tertiary/aromatic N) is 1. The molecule has 4 nitrogen and oxygen atoms in total. The SMILES string of the molecule is CN=C(NCC1(SC)CCOCC1)NC1CCCSC1.I. The molecule has 0 aliphatic carbocycles. The van der Waals surface area contributed by atoms with Crippen LogP contribution >= 0.6 is 47.5 Å². The van der Waals surface area contributed by atoms with E-state index >= 15 is 0 Å². The maximum atomic E-state index is 5.49. The Morgan fingerprint density at radius 3 is 2.76 bits per heavy atom. The van der Waals surface area contributed by atoms with E-state index in [1.165, 1.54) is 24.3 Å². The standard InChI is InChI=1S/C14H27N3OS2.HI/c1-15-13(17-12-4-3-9-20-10-12)16-11-14(19-2)5-7-18-8-6-14;/h12H,3-11H2,1-2H3,(H2,15,16,17);1H. The van der Waals surface area contributed by atoms with Gasteiger partial charge >= 0.3 is 0 Å². The number of thioether (sulfide) groups is 2. The second-order valence-corrected chi connectivity index (χ2v) is 7.91. The van der Waals surface area contributed by atoms with Crippen LogP contribution in [0.15, 0.2) is 4.99 Å². The third-order valence-electron chi connectivity index (χ3n) is 4.14. The van der Waals surface area contributed by atoms with Crippen LogP contribution in [0.4, 0.5) is 0 Å². The molecule has 2 aliphatic heterocycles. The first-order chi connectivity index (χ1) is 9.78. The first-order valence-corrected chi connectivity index (χ1v) is 9.84. The molecule has 0 radical (unpaired) electrons. The lowest BCUT2D eigenvalue weighted by Gasteiger charge is -2.36. The summed E-state index contributed by atoms with van der Waals surface area (Å²) in [7, 11) is 1.86. The minimum absolute atomic E-state index is 0. The Bertz CT molecular complexity index is 319. The number of ether oxygens (including phenoxy) is 1. The van der Waals surface area contributed by atoms with Crippen LogP contribution in [0.25, 0.3) is 0 Å². The largest absolute Gasteiger partial charge is 0.381 e. The molecule has 2 rings (SSSR count). The fourth-order valence-corrected chi connectivity index (χ4v) is 4.55. The fourth-order valence-electron chi connectivity index (χ4n) is 2.68. The molecule has 0 saturated carbocycles. The summed E-state index contributed by atoms with van der Waals surface area (Å²) in [5.74, 6) is 3.46. The molecule has 2 fully saturated rings. The maximum absolute atomic E-state index is 5.49. The fraction of sp³-hybridized carbons (Fsp3) is 0.929. The normalized spacial score (nSPS) is 25.8. The van der Waals surface area contributed by atoms with E-state index in [4.69, 9.17) is 4.74 Å². The monoisotopic (exact) mass is 445 g/mol. The van der Waals surface area contributed by atoms with E-state index in [9.17, 15) is 0 Å². The first kappa shape index (κ1) is 19.7. The lowest BCUT2D eigenvalue weighted by atomic mass is 9.99. The van der Waals surface area contributed by atoms with Crippen LogP contribution in [0.3, 0.4) is 0 Å². The van der Waals surface area contributed by atoms with E-state index in [1.807, 2.05) is 30.6 Å². The Morgan fingerprint density at radius 1 is 1.43 bits per heavy atom. The molecule has 1 unspecified atom stereocenters. The summed E-state index contributed by atoms with van der Waals surface area (Å²) in [4.78, 5) is 4.38. The topological polar surface area (TPSA) is 45.7 Å². The predicted octanol–water partition coefficient (Wildman–Crippen LogP) is 2.58. The van der Waals surface area contributed by atoms with E-state index in [0.29, 0.717) is 10.8 Å². The summed E-state index contributed by atoms with van der Waals surface area (Å²) < 4.78 is 5.79. The van der Waals surface area contributed by atoms with Gasteiger partial charge in [-0.25, -0.2) is 0 Å². The van der Waals surface area contributed by atoms with Crippen molar-refractivity contribution in [1.29, 1.82) is 0 Å². The van der Waals surface area contributed by atoms with Gasteiger partial charge in [0.05, 0.1) is 0 Å². The van der Waals surface area contributed by atoms with Crippen molar-refractivity contribution in [1.82, 2.24) is 10.6 Å². The van der Waals surface area contributed by atoms with Crippen molar-refractivity contribution < 1.29 is 4.74 Å². The molecule has 0 aromatic heterocycles. The lowest BCUT2D eigenvalue weighted by molar-refractivity contribution is 0.0782. The van der Waals surface area contributed by atoms with Crippen LogP contribution in [0.2, 0.25) is 0 Å². The third-order valence-corrected chi connectivity index (χ3v) is 6.77. The van der Waals surface area contributed by atoms with Crippen molar-refractivity contribution in [2.75, 3.05) is 44.6 Å². The predicted molar refractivity (Wildman–Crippen MR) is 107 cm³/mol. The first-order valence-electron chi connectivity index (χ1n) is 7.46. The molecule has 0 bridgehead atoms. The molecule has 2 aliphatic rings. The molecule has 0 aromatic rings. The summed E-state index contributed by atoms with van der Waals surface area (Å²) in [5.41, 5.74) is 0. The van der Waals surface area contributed by atoms with Crippen molar-refractivity contribution in [3.63, 3.8) is 0 Å². The highest BCUT2D eigenvalue weighted by molar-refractivity contribution is 14.0. The van der Waals surface area contributed by atoms with Gasteiger partial charge in [0, 0.05) is 43.3 Å². The van der Waals surface area contributed by atoms with E-state index in [2.05, 4.69) is 21.9 Å². The molecule has 7 heteroatoms. The molecule has 2 saturated heterocycles. The number of rotatable bonds is 4. The smallest absolute Gasteiger partial charge is 0.191 e. The van der Waals surface area contributed by atoms with Gasteiger partial charge in [-0.2, -0.15) is 23.5 Å². The van der Waals surface area contributed by atoms with E-state index in [0.717, 1.165) is 38.6 Å². The molecular formula is C14H28IN3OS2. The summed E-state index contributed by atoms with van der Waals surface area (Å²) in [6.07, 6.45) is 7.02. The molecule has 2 N–H and O–H groups in total. The molecule has 124 valence electrons. The third kappa shape index (κ3) is 6.35. The number of guanidine groups is 1. The Morgan fingerprint density at radius 2 is 2.19 bits per heavy atom. The Hall–Kier alpha value is 0.660. The van der Waals surface area contributed by atoms with Crippen LogP contribution in [0.1, 0.15) is 25.7 Å². The van der Waals surface area contributed by atoms with Crippen molar-refractivity contribution >= 4 is 53.5 Å². The summed E-state index contributed by atoms with van der Waals surface area (Å²) in [6, 6.07) is 0.569. The summed E-state index contributed by atoms with van der Waals surface area (Å²) in [5, 5.41) is 7.10. The molecule has 0 aromatic carbocycles. The zero-order valence-corrected chi connectivity index (χ0v) is 17.0. The maximum Gasteiger partial charge on any atom is 0.191 e.